The molecule has 1 saturated carbocycles. The van der Waals surface area contributed by atoms with Crippen molar-refractivity contribution in [3.05, 3.63) is 35.4 Å². The Morgan fingerprint density at radius 2 is 1.90 bits per heavy atom. The minimum absolute atomic E-state index is 0.100. The second-order valence-corrected chi connectivity index (χ2v) is 5.63. The van der Waals surface area contributed by atoms with E-state index in [2.05, 4.69) is 11.8 Å². The number of carbonyl (C=O) groups excluding carboxylic acids is 1. The van der Waals surface area contributed by atoms with Gasteiger partial charge in [0.2, 0.25) is 0 Å². The van der Waals surface area contributed by atoms with Crippen LogP contribution < -0.4 is 0 Å². The number of nitrogens with zero attached hydrogens (tertiary/aromatic N) is 1. The largest absolute Gasteiger partial charge is 0.388 e. The Kier molecular flexibility index (Phi) is 5.00. The van der Waals surface area contributed by atoms with Gasteiger partial charge in [0.1, 0.15) is 6.61 Å². The minimum Gasteiger partial charge on any atom is -0.388 e. The van der Waals surface area contributed by atoms with Crippen molar-refractivity contribution in [3.8, 4) is 11.8 Å². The van der Waals surface area contributed by atoms with Crippen molar-refractivity contribution in [1.82, 2.24) is 4.90 Å². The predicted octanol–water partition coefficient (Wildman–Crippen LogP) is 1.41. The van der Waals surface area contributed by atoms with Crippen molar-refractivity contribution in [3.63, 3.8) is 0 Å². The number of amides is 1. The average Bonchev–Trinajstić information content (AvgIpc) is 2.91. The van der Waals surface area contributed by atoms with Crippen LogP contribution in [-0.4, -0.2) is 46.8 Å². The van der Waals surface area contributed by atoms with Gasteiger partial charge in [0.05, 0.1) is 5.60 Å². The van der Waals surface area contributed by atoms with Crippen LogP contribution >= 0.6 is 0 Å². The van der Waals surface area contributed by atoms with Crippen molar-refractivity contribution < 1.29 is 15.0 Å². The molecule has 0 bridgehead atoms. The van der Waals surface area contributed by atoms with Gasteiger partial charge in [-0.05, 0) is 37.1 Å². The van der Waals surface area contributed by atoms with E-state index in [1.54, 1.807) is 36.2 Å². The van der Waals surface area contributed by atoms with Gasteiger partial charge in [-0.1, -0.05) is 24.7 Å². The summed E-state index contributed by atoms with van der Waals surface area (Å²) in [6, 6.07) is 6.96. The van der Waals surface area contributed by atoms with Crippen molar-refractivity contribution in [1.29, 1.82) is 0 Å². The topological polar surface area (TPSA) is 60.8 Å². The molecule has 0 spiro atoms. The van der Waals surface area contributed by atoms with Gasteiger partial charge < -0.3 is 15.1 Å². The van der Waals surface area contributed by atoms with Gasteiger partial charge in [0.25, 0.3) is 5.91 Å². The first-order valence-corrected chi connectivity index (χ1v) is 7.22. The number of hydrogen-bond donors (Lipinski definition) is 2. The molecule has 1 aliphatic rings. The first-order valence-electron chi connectivity index (χ1n) is 7.22. The molecule has 1 aliphatic carbocycles. The minimum atomic E-state index is -0.725. The molecule has 1 fully saturated rings. The summed E-state index contributed by atoms with van der Waals surface area (Å²) in [5.41, 5.74) is 0.614. The lowest BCUT2D eigenvalue weighted by atomic mass is 10.0. The van der Waals surface area contributed by atoms with Gasteiger partial charge in [-0.2, -0.15) is 0 Å². The fourth-order valence-corrected chi connectivity index (χ4v) is 2.76. The first-order chi connectivity index (χ1) is 10.0. The normalized spacial score (nSPS) is 16.1. The lowest BCUT2D eigenvalue weighted by molar-refractivity contribution is 0.0157. The third-order valence-corrected chi connectivity index (χ3v) is 3.86. The van der Waals surface area contributed by atoms with E-state index in [9.17, 15) is 9.90 Å². The highest BCUT2D eigenvalue weighted by Crippen LogP contribution is 2.30. The Morgan fingerprint density at radius 1 is 1.29 bits per heavy atom. The quantitative estimate of drug-likeness (QED) is 0.826. The van der Waals surface area contributed by atoms with Gasteiger partial charge in [0, 0.05) is 24.7 Å². The van der Waals surface area contributed by atoms with E-state index in [4.69, 9.17) is 5.11 Å². The van der Waals surface area contributed by atoms with Crippen LogP contribution in [0.25, 0.3) is 0 Å². The van der Waals surface area contributed by atoms with Crippen LogP contribution in [0.4, 0.5) is 0 Å². The van der Waals surface area contributed by atoms with Crippen molar-refractivity contribution in [2.24, 2.45) is 0 Å². The van der Waals surface area contributed by atoms with E-state index in [1.807, 2.05) is 0 Å². The third-order valence-electron chi connectivity index (χ3n) is 3.86. The Bertz CT molecular complexity index is 548. The number of carbonyl (C=O) groups is 1. The summed E-state index contributed by atoms with van der Waals surface area (Å²) in [7, 11) is 1.72. The molecule has 0 unspecified atom stereocenters. The summed E-state index contributed by atoms with van der Waals surface area (Å²) >= 11 is 0. The van der Waals surface area contributed by atoms with E-state index in [0.29, 0.717) is 12.1 Å². The SMILES string of the molecule is CN(CC1(O)CCCC1)C(=O)c1ccc(C#CCO)cc1. The van der Waals surface area contributed by atoms with Crippen molar-refractivity contribution in [2.75, 3.05) is 20.2 Å². The zero-order valence-corrected chi connectivity index (χ0v) is 12.3. The molecule has 4 heteroatoms. The molecular weight excluding hydrogens is 266 g/mol. The van der Waals surface area contributed by atoms with Crippen LogP contribution in [0.5, 0.6) is 0 Å². The van der Waals surface area contributed by atoms with Gasteiger partial charge in [-0.15, -0.1) is 0 Å². The number of aliphatic hydroxyl groups excluding tert-OH is 1. The molecule has 1 amide bonds. The van der Waals surface area contributed by atoms with Crippen LogP contribution in [0.15, 0.2) is 24.3 Å². The van der Waals surface area contributed by atoms with Crippen LogP contribution in [0, 0.1) is 11.8 Å². The number of benzene rings is 1. The van der Waals surface area contributed by atoms with E-state index >= 15 is 0 Å². The average molecular weight is 287 g/mol. The van der Waals surface area contributed by atoms with E-state index in [-0.39, 0.29) is 12.5 Å². The maximum atomic E-state index is 12.3. The zero-order valence-electron chi connectivity index (χ0n) is 12.3. The molecule has 1 aromatic rings. The fraction of sp³-hybridized carbons (Fsp3) is 0.471. The van der Waals surface area contributed by atoms with Crippen LogP contribution in [0.3, 0.4) is 0 Å². The number of likely N-dealkylation sites (N-methyl/N-ethyl adjacent to an activating group) is 1. The molecule has 0 aromatic heterocycles. The lowest BCUT2D eigenvalue weighted by Crippen LogP contribution is -2.42. The highest BCUT2D eigenvalue weighted by atomic mass is 16.3. The summed E-state index contributed by atoms with van der Waals surface area (Å²) in [4.78, 5) is 13.9. The van der Waals surface area contributed by atoms with Crippen LogP contribution in [-0.2, 0) is 0 Å². The lowest BCUT2D eigenvalue weighted by Gasteiger charge is -2.28. The molecule has 21 heavy (non-hydrogen) atoms. The Morgan fingerprint density at radius 3 is 2.48 bits per heavy atom. The van der Waals surface area contributed by atoms with E-state index in [0.717, 1.165) is 31.2 Å². The monoisotopic (exact) mass is 287 g/mol. The molecule has 0 radical (unpaired) electrons. The molecule has 112 valence electrons. The molecule has 0 aliphatic heterocycles. The molecule has 0 saturated heterocycles. The molecule has 0 heterocycles. The Balaban J connectivity index is 2.01. The summed E-state index contributed by atoms with van der Waals surface area (Å²) < 4.78 is 0. The number of aliphatic hydroxyl groups is 2. The highest BCUT2D eigenvalue weighted by molar-refractivity contribution is 5.94. The van der Waals surface area contributed by atoms with Gasteiger partial charge >= 0.3 is 0 Å². The predicted molar refractivity (Wildman–Crippen MR) is 80.8 cm³/mol. The summed E-state index contributed by atoms with van der Waals surface area (Å²) in [5.74, 6) is 5.26. The highest BCUT2D eigenvalue weighted by Gasteiger charge is 2.33. The fourth-order valence-electron chi connectivity index (χ4n) is 2.76. The number of hydrogen-bond acceptors (Lipinski definition) is 3. The standard InChI is InChI=1S/C17H21NO3/c1-18(13-17(21)10-2-3-11-17)16(20)15-8-6-14(7-9-15)5-4-12-19/h6-9,19,21H,2-3,10-13H2,1H3. The zero-order chi connectivity index (χ0) is 15.3. The van der Waals surface area contributed by atoms with E-state index < -0.39 is 5.60 Å². The molecule has 2 rings (SSSR count). The van der Waals surface area contributed by atoms with Crippen LogP contribution in [0.1, 0.15) is 41.6 Å². The molecule has 0 atom stereocenters. The smallest absolute Gasteiger partial charge is 0.253 e. The van der Waals surface area contributed by atoms with Gasteiger partial charge in [-0.25, -0.2) is 0 Å². The van der Waals surface area contributed by atoms with Gasteiger partial charge in [-0.3, -0.25) is 4.79 Å². The molecule has 4 nitrogen and oxygen atoms in total. The van der Waals surface area contributed by atoms with E-state index in [1.165, 1.54) is 0 Å². The maximum absolute atomic E-state index is 12.3. The second-order valence-electron chi connectivity index (χ2n) is 5.63. The summed E-state index contributed by atoms with van der Waals surface area (Å²) in [6.07, 6.45) is 3.58. The third kappa shape index (κ3) is 4.07. The second kappa shape index (κ2) is 6.75. The Labute approximate surface area is 125 Å². The van der Waals surface area contributed by atoms with Crippen molar-refractivity contribution >= 4 is 5.91 Å². The Hall–Kier alpha value is -1.83. The summed E-state index contributed by atoms with van der Waals surface area (Å²) in [6.45, 7) is 0.194. The van der Waals surface area contributed by atoms with Crippen molar-refractivity contribution in [2.45, 2.75) is 31.3 Å². The summed E-state index contributed by atoms with van der Waals surface area (Å²) in [5, 5.41) is 19.0. The van der Waals surface area contributed by atoms with Gasteiger partial charge in [0.15, 0.2) is 0 Å². The molecule has 1 aromatic carbocycles. The first kappa shape index (κ1) is 15.6. The molecular formula is C17H21NO3. The molecule has 2 N–H and O–H groups in total. The van der Waals surface area contributed by atoms with Crippen LogP contribution in [0.2, 0.25) is 0 Å². The number of rotatable bonds is 3. The maximum Gasteiger partial charge on any atom is 0.253 e.